The highest BCUT2D eigenvalue weighted by Gasteiger charge is 2.68. The summed E-state index contributed by atoms with van der Waals surface area (Å²) in [4.78, 5) is 25.1. The molecule has 1 amide bonds. The Hall–Kier alpha value is -1.44. The molecular formula is C22H30F7NO5S. The van der Waals surface area contributed by atoms with E-state index in [0.717, 1.165) is 19.3 Å². The van der Waals surface area contributed by atoms with E-state index in [-0.39, 0.29) is 0 Å². The van der Waals surface area contributed by atoms with Crippen LogP contribution in [0.15, 0.2) is 0 Å². The van der Waals surface area contributed by atoms with Gasteiger partial charge in [0, 0.05) is 12.0 Å². The van der Waals surface area contributed by atoms with E-state index in [1.807, 2.05) is 0 Å². The molecule has 4 bridgehead atoms. The molecule has 0 aliphatic heterocycles. The lowest BCUT2D eigenvalue weighted by Gasteiger charge is -2.56. The molecule has 1 unspecified atom stereocenters. The van der Waals surface area contributed by atoms with Gasteiger partial charge in [0.25, 0.3) is 0 Å². The third kappa shape index (κ3) is 6.16. The van der Waals surface area contributed by atoms with Crippen molar-refractivity contribution in [2.75, 3.05) is 13.2 Å². The van der Waals surface area contributed by atoms with Crippen molar-refractivity contribution in [1.82, 2.24) is 5.32 Å². The average molecular weight is 554 g/mol. The second-order valence-corrected chi connectivity index (χ2v) is 10.7. The second kappa shape index (κ2) is 10.4. The average Bonchev–Trinajstić information content (AvgIpc) is 2.69. The molecule has 36 heavy (non-hydrogen) atoms. The lowest BCUT2D eigenvalue weighted by Crippen LogP contribution is -2.63. The van der Waals surface area contributed by atoms with Gasteiger partial charge in [0.05, 0.1) is 13.2 Å². The summed E-state index contributed by atoms with van der Waals surface area (Å²) in [6, 6.07) is 0. The van der Waals surface area contributed by atoms with Crippen LogP contribution in [0.3, 0.4) is 0 Å². The van der Waals surface area contributed by atoms with Crippen LogP contribution in [0.5, 0.6) is 0 Å². The molecular weight excluding hydrogens is 523 g/mol. The van der Waals surface area contributed by atoms with Crippen LogP contribution in [-0.4, -0.2) is 54.0 Å². The Kier molecular flexibility index (Phi) is 8.39. The number of rotatable bonds is 11. The molecule has 4 saturated carbocycles. The summed E-state index contributed by atoms with van der Waals surface area (Å²) in [6.45, 7) is -0.269. The van der Waals surface area contributed by atoms with Crippen LogP contribution in [0.4, 0.5) is 35.5 Å². The minimum absolute atomic E-state index is 0.355. The van der Waals surface area contributed by atoms with Gasteiger partial charge in [-0.25, -0.2) is 9.59 Å². The number of esters is 1. The third-order valence-corrected chi connectivity index (χ3v) is 7.52. The normalized spacial score (nSPS) is 29.5. The SMILES string of the molecule is CCOC(=O)C(OCCCCC(F)(F)C(F)(F)S)(OC(=O)NC12CC3CC(CC(C3)C1)C2)C(F)(F)F. The Balaban J connectivity index is 1.69. The van der Waals surface area contributed by atoms with Crippen LogP contribution in [0.1, 0.15) is 64.7 Å². The number of hydrogen-bond acceptors (Lipinski definition) is 6. The highest BCUT2D eigenvalue weighted by molar-refractivity contribution is 7.81. The highest BCUT2D eigenvalue weighted by Crippen LogP contribution is 2.55. The highest BCUT2D eigenvalue weighted by atomic mass is 32.1. The Labute approximate surface area is 209 Å². The predicted molar refractivity (Wildman–Crippen MR) is 115 cm³/mol. The lowest BCUT2D eigenvalue weighted by atomic mass is 9.53. The molecule has 6 nitrogen and oxygen atoms in total. The molecule has 1 N–H and O–H groups in total. The molecule has 0 aromatic carbocycles. The van der Waals surface area contributed by atoms with Crippen molar-refractivity contribution in [2.24, 2.45) is 17.8 Å². The first-order valence-electron chi connectivity index (χ1n) is 11.9. The summed E-state index contributed by atoms with van der Waals surface area (Å²) in [5.41, 5.74) is -0.735. The molecule has 0 heterocycles. The molecule has 0 saturated heterocycles. The van der Waals surface area contributed by atoms with Gasteiger partial charge in [0.2, 0.25) is 0 Å². The van der Waals surface area contributed by atoms with E-state index in [1.165, 1.54) is 6.92 Å². The van der Waals surface area contributed by atoms with Crippen LogP contribution < -0.4 is 5.32 Å². The van der Waals surface area contributed by atoms with Crippen LogP contribution in [-0.2, 0) is 19.0 Å². The van der Waals surface area contributed by atoms with E-state index >= 15 is 0 Å². The summed E-state index contributed by atoms with van der Waals surface area (Å²) in [7, 11) is 0. The van der Waals surface area contributed by atoms with Crippen LogP contribution in [0.25, 0.3) is 0 Å². The first-order valence-corrected chi connectivity index (χ1v) is 12.3. The number of nitrogens with one attached hydrogen (secondary N) is 1. The van der Waals surface area contributed by atoms with E-state index in [2.05, 4.69) is 32.2 Å². The van der Waals surface area contributed by atoms with Gasteiger partial charge < -0.3 is 19.5 Å². The molecule has 0 aromatic heterocycles. The first kappa shape index (κ1) is 29.1. The monoisotopic (exact) mass is 553 g/mol. The summed E-state index contributed by atoms with van der Waals surface area (Å²) >= 11 is 2.53. The summed E-state index contributed by atoms with van der Waals surface area (Å²) in [5.74, 6) is -9.63. The van der Waals surface area contributed by atoms with E-state index in [4.69, 9.17) is 0 Å². The fourth-order valence-electron chi connectivity index (χ4n) is 6.06. The number of carbonyl (C=O) groups excluding carboxylic acids is 2. The molecule has 14 heteroatoms. The van der Waals surface area contributed by atoms with Crippen LogP contribution >= 0.6 is 12.6 Å². The number of amides is 1. The fraction of sp³-hybridized carbons (Fsp3) is 0.909. The maximum absolute atomic E-state index is 14.1. The van der Waals surface area contributed by atoms with Crippen molar-refractivity contribution in [3.05, 3.63) is 0 Å². The Morgan fingerprint density at radius 2 is 1.47 bits per heavy atom. The zero-order chi connectivity index (χ0) is 27.0. The van der Waals surface area contributed by atoms with Crippen molar-refractivity contribution in [1.29, 1.82) is 0 Å². The van der Waals surface area contributed by atoms with Crippen molar-refractivity contribution in [3.63, 3.8) is 0 Å². The molecule has 4 fully saturated rings. The predicted octanol–water partition coefficient (Wildman–Crippen LogP) is 5.85. The van der Waals surface area contributed by atoms with Crippen molar-refractivity contribution in [2.45, 2.75) is 93.4 Å². The number of unbranched alkanes of at least 4 members (excludes halogenated alkanes) is 1. The molecule has 0 spiro atoms. The molecule has 4 aliphatic rings. The number of halogens is 7. The van der Waals surface area contributed by atoms with Gasteiger partial charge >= 0.3 is 35.2 Å². The van der Waals surface area contributed by atoms with E-state index in [0.29, 0.717) is 37.0 Å². The Morgan fingerprint density at radius 1 is 0.944 bits per heavy atom. The topological polar surface area (TPSA) is 73.9 Å². The van der Waals surface area contributed by atoms with Gasteiger partial charge in [-0.2, -0.15) is 30.7 Å². The number of alkyl halides is 7. The largest absolute Gasteiger partial charge is 0.468 e. The van der Waals surface area contributed by atoms with Crippen LogP contribution in [0, 0.1) is 17.8 Å². The maximum Gasteiger partial charge on any atom is 0.468 e. The van der Waals surface area contributed by atoms with E-state index < -0.39 is 73.2 Å². The van der Waals surface area contributed by atoms with Gasteiger partial charge in [-0.1, -0.05) is 12.6 Å². The zero-order valence-electron chi connectivity index (χ0n) is 19.6. The lowest BCUT2D eigenvalue weighted by molar-refractivity contribution is -0.350. The second-order valence-electron chi connectivity index (χ2n) is 10.1. The van der Waals surface area contributed by atoms with Crippen molar-refractivity contribution >= 4 is 24.7 Å². The molecule has 1 atom stereocenters. The molecule has 0 aromatic rings. The number of carbonyl (C=O) groups is 2. The smallest absolute Gasteiger partial charge is 0.461 e. The molecule has 0 radical (unpaired) electrons. The minimum Gasteiger partial charge on any atom is -0.461 e. The Bertz CT molecular complexity index is 784. The molecule has 4 aliphatic carbocycles. The number of hydrogen-bond donors (Lipinski definition) is 2. The third-order valence-electron chi connectivity index (χ3n) is 7.19. The summed E-state index contributed by atoms with van der Waals surface area (Å²) in [5, 5.41) is -2.07. The molecule has 208 valence electrons. The number of alkyl carbamates (subject to hydrolysis) is 1. The van der Waals surface area contributed by atoms with Gasteiger partial charge in [-0.3, -0.25) is 0 Å². The van der Waals surface area contributed by atoms with Crippen molar-refractivity contribution < 1.29 is 54.5 Å². The van der Waals surface area contributed by atoms with E-state index in [1.54, 1.807) is 0 Å². The van der Waals surface area contributed by atoms with Gasteiger partial charge in [0.1, 0.15) is 0 Å². The quantitative estimate of drug-likeness (QED) is 0.110. The molecule has 4 rings (SSSR count). The standard InChI is InChI=1S/C22H30F7NO5S/c1-2-33-16(31)20(21(25,26)27,34-6-4-3-5-19(23,24)22(28,29)36)35-17(32)30-18-10-13-7-14(11-18)9-15(8-13)12-18/h13-15,36H,2-12H2,1H3,(H,30,32). The summed E-state index contributed by atoms with van der Waals surface area (Å²) in [6.07, 6.45) is -4.93. The van der Waals surface area contributed by atoms with Crippen molar-refractivity contribution in [3.8, 4) is 0 Å². The minimum atomic E-state index is -5.58. The maximum atomic E-state index is 14.1. The summed E-state index contributed by atoms with van der Waals surface area (Å²) < 4.78 is 108. The fourth-order valence-corrected chi connectivity index (χ4v) is 6.18. The Morgan fingerprint density at radius 3 is 1.92 bits per heavy atom. The first-order chi connectivity index (χ1) is 16.5. The van der Waals surface area contributed by atoms with E-state index in [9.17, 15) is 40.3 Å². The van der Waals surface area contributed by atoms with Gasteiger partial charge in [0.15, 0.2) is 0 Å². The van der Waals surface area contributed by atoms with Crippen LogP contribution in [0.2, 0.25) is 0 Å². The zero-order valence-corrected chi connectivity index (χ0v) is 20.5. The van der Waals surface area contributed by atoms with Gasteiger partial charge in [-0.05, 0) is 76.0 Å². The van der Waals surface area contributed by atoms with Gasteiger partial charge in [-0.15, -0.1) is 0 Å². The number of ether oxygens (including phenoxy) is 3. The number of thiol groups is 1.